The van der Waals surface area contributed by atoms with Crippen molar-refractivity contribution in [3.8, 4) is 5.75 Å². The Labute approximate surface area is 133 Å². The highest BCUT2D eigenvalue weighted by molar-refractivity contribution is 6.30. The van der Waals surface area contributed by atoms with Gasteiger partial charge in [0.15, 0.2) is 0 Å². The first-order chi connectivity index (χ1) is 10.2. The molecule has 1 aliphatic rings. The number of hydrogen-bond acceptors (Lipinski definition) is 3. The second kappa shape index (κ2) is 8.62. The number of halogens is 1. The van der Waals surface area contributed by atoms with Crippen LogP contribution in [-0.2, 0) is 0 Å². The Morgan fingerprint density at radius 3 is 2.43 bits per heavy atom. The summed E-state index contributed by atoms with van der Waals surface area (Å²) >= 11 is 5.88. The molecule has 0 amide bonds. The second-order valence-corrected chi connectivity index (χ2v) is 6.34. The lowest BCUT2D eigenvalue weighted by Crippen LogP contribution is -2.43. The zero-order chi connectivity index (χ0) is 15.1. The minimum Gasteiger partial charge on any atom is -0.492 e. The summed E-state index contributed by atoms with van der Waals surface area (Å²) < 4.78 is 5.82. The van der Waals surface area contributed by atoms with Crippen molar-refractivity contribution in [1.29, 1.82) is 0 Å². The highest BCUT2D eigenvalue weighted by Crippen LogP contribution is 2.22. The molecule has 3 nitrogen and oxygen atoms in total. The fourth-order valence-corrected chi connectivity index (χ4v) is 3.17. The van der Waals surface area contributed by atoms with Crippen LogP contribution in [0.5, 0.6) is 5.75 Å². The van der Waals surface area contributed by atoms with Crippen LogP contribution in [0.4, 0.5) is 0 Å². The van der Waals surface area contributed by atoms with Crippen LogP contribution in [0.3, 0.4) is 0 Å². The van der Waals surface area contributed by atoms with Crippen LogP contribution >= 0.6 is 11.6 Å². The van der Waals surface area contributed by atoms with Gasteiger partial charge in [0.25, 0.3) is 0 Å². The van der Waals surface area contributed by atoms with E-state index in [1.165, 1.54) is 19.3 Å². The van der Waals surface area contributed by atoms with Gasteiger partial charge < -0.3 is 10.5 Å². The zero-order valence-corrected chi connectivity index (χ0v) is 13.7. The van der Waals surface area contributed by atoms with Gasteiger partial charge in [0.1, 0.15) is 12.4 Å². The fraction of sp³-hybridized carbons (Fsp3) is 0.647. The highest BCUT2D eigenvalue weighted by atomic mass is 35.5. The smallest absolute Gasteiger partial charge is 0.119 e. The average molecular weight is 311 g/mol. The number of ether oxygens (including phenoxy) is 1. The van der Waals surface area contributed by atoms with Crippen molar-refractivity contribution in [3.63, 3.8) is 0 Å². The van der Waals surface area contributed by atoms with Crippen molar-refractivity contribution in [2.75, 3.05) is 19.7 Å². The first-order valence-electron chi connectivity index (χ1n) is 8.07. The molecule has 118 valence electrons. The minimum absolute atomic E-state index is 0.412. The molecule has 0 spiro atoms. The van der Waals surface area contributed by atoms with Crippen molar-refractivity contribution < 1.29 is 4.74 Å². The Kier molecular flexibility index (Phi) is 6.81. The Morgan fingerprint density at radius 1 is 1.14 bits per heavy atom. The predicted molar refractivity (Wildman–Crippen MR) is 89.0 cm³/mol. The first-order valence-corrected chi connectivity index (χ1v) is 8.45. The van der Waals surface area contributed by atoms with Gasteiger partial charge in [0, 0.05) is 23.7 Å². The topological polar surface area (TPSA) is 38.5 Å². The maximum absolute atomic E-state index is 6.01. The summed E-state index contributed by atoms with van der Waals surface area (Å²) in [5, 5.41) is 0.744. The van der Waals surface area contributed by atoms with Crippen LogP contribution in [-0.4, -0.2) is 36.7 Å². The van der Waals surface area contributed by atoms with Crippen LogP contribution in [0.2, 0.25) is 5.02 Å². The quantitative estimate of drug-likeness (QED) is 0.834. The minimum atomic E-state index is 0.412. The molecular formula is C17H27ClN2O. The number of hydrogen-bond donors (Lipinski definition) is 1. The highest BCUT2D eigenvalue weighted by Gasteiger charge is 2.23. The van der Waals surface area contributed by atoms with E-state index in [1.807, 2.05) is 24.3 Å². The van der Waals surface area contributed by atoms with E-state index in [9.17, 15) is 0 Å². The molecular weight excluding hydrogens is 284 g/mol. The van der Waals surface area contributed by atoms with Crippen LogP contribution in [0.25, 0.3) is 0 Å². The summed E-state index contributed by atoms with van der Waals surface area (Å²) in [5.74, 6) is 0.890. The van der Waals surface area contributed by atoms with Crippen molar-refractivity contribution >= 4 is 11.6 Å². The van der Waals surface area contributed by atoms with E-state index >= 15 is 0 Å². The molecule has 0 aliphatic heterocycles. The monoisotopic (exact) mass is 310 g/mol. The van der Waals surface area contributed by atoms with Gasteiger partial charge in [-0.15, -0.1) is 0 Å². The Balaban J connectivity index is 1.78. The third kappa shape index (κ3) is 5.50. The largest absolute Gasteiger partial charge is 0.492 e. The molecule has 0 heterocycles. The van der Waals surface area contributed by atoms with Gasteiger partial charge in [-0.3, -0.25) is 4.90 Å². The molecule has 21 heavy (non-hydrogen) atoms. The van der Waals surface area contributed by atoms with E-state index < -0.39 is 0 Å². The van der Waals surface area contributed by atoms with Gasteiger partial charge in [-0.2, -0.15) is 0 Å². The Bertz CT molecular complexity index is 402. The molecule has 1 saturated carbocycles. The third-order valence-corrected chi connectivity index (χ3v) is 4.48. The fourth-order valence-electron chi connectivity index (χ4n) is 3.04. The number of nitrogens with two attached hydrogens (primary N) is 1. The van der Waals surface area contributed by atoms with Crippen LogP contribution < -0.4 is 10.5 Å². The molecule has 1 fully saturated rings. The molecule has 0 radical (unpaired) electrons. The maximum atomic E-state index is 6.01. The summed E-state index contributed by atoms with van der Waals surface area (Å²) in [6.45, 7) is 5.09. The van der Waals surface area contributed by atoms with Gasteiger partial charge in [-0.25, -0.2) is 0 Å². The average Bonchev–Trinajstić information content (AvgIpc) is 2.49. The Hall–Kier alpha value is -0.770. The van der Waals surface area contributed by atoms with E-state index in [2.05, 4.69) is 11.8 Å². The lowest BCUT2D eigenvalue weighted by Gasteiger charge is -2.35. The van der Waals surface area contributed by atoms with Gasteiger partial charge in [-0.05, 0) is 62.9 Å². The SMILES string of the molecule is CCCN(CCOc1ccc(Cl)cc1)C1CCC(N)CC1. The molecule has 2 rings (SSSR count). The van der Waals surface area contributed by atoms with Crippen LogP contribution in [0, 0.1) is 0 Å². The van der Waals surface area contributed by atoms with Crippen molar-refractivity contribution in [2.45, 2.75) is 51.1 Å². The number of benzene rings is 1. The standard InChI is InChI=1S/C17H27ClN2O/c1-2-11-20(16-7-5-15(19)6-8-16)12-13-21-17-9-3-14(18)4-10-17/h3-4,9-10,15-16H,2,5-8,11-13,19H2,1H3. The zero-order valence-electron chi connectivity index (χ0n) is 12.9. The summed E-state index contributed by atoms with van der Waals surface area (Å²) in [5.41, 5.74) is 6.01. The van der Waals surface area contributed by atoms with Gasteiger partial charge in [-0.1, -0.05) is 18.5 Å². The summed E-state index contributed by atoms with van der Waals surface area (Å²) in [6.07, 6.45) is 5.94. The molecule has 0 atom stereocenters. The van der Waals surface area contributed by atoms with Crippen molar-refractivity contribution in [1.82, 2.24) is 4.90 Å². The van der Waals surface area contributed by atoms with Crippen LogP contribution in [0.1, 0.15) is 39.0 Å². The number of nitrogens with zero attached hydrogens (tertiary/aromatic N) is 1. The summed E-state index contributed by atoms with van der Waals surface area (Å²) in [7, 11) is 0. The van der Waals surface area contributed by atoms with Crippen molar-refractivity contribution in [3.05, 3.63) is 29.3 Å². The second-order valence-electron chi connectivity index (χ2n) is 5.91. The Morgan fingerprint density at radius 2 is 1.81 bits per heavy atom. The van der Waals surface area contributed by atoms with E-state index in [-0.39, 0.29) is 0 Å². The van der Waals surface area contributed by atoms with Crippen molar-refractivity contribution in [2.24, 2.45) is 5.73 Å². The molecule has 4 heteroatoms. The van der Waals surface area contributed by atoms with E-state index in [1.54, 1.807) is 0 Å². The summed E-state index contributed by atoms with van der Waals surface area (Å²) in [4.78, 5) is 2.57. The normalized spacial score (nSPS) is 22.5. The molecule has 2 N–H and O–H groups in total. The van der Waals surface area contributed by atoms with E-state index in [4.69, 9.17) is 22.1 Å². The molecule has 1 aromatic carbocycles. The maximum Gasteiger partial charge on any atom is 0.119 e. The number of rotatable bonds is 7. The molecule has 0 bridgehead atoms. The molecule has 0 saturated heterocycles. The predicted octanol–water partition coefficient (Wildman–Crippen LogP) is 3.70. The lowest BCUT2D eigenvalue weighted by atomic mass is 9.90. The van der Waals surface area contributed by atoms with Crippen LogP contribution in [0.15, 0.2) is 24.3 Å². The van der Waals surface area contributed by atoms with Gasteiger partial charge in [0.2, 0.25) is 0 Å². The molecule has 0 unspecified atom stereocenters. The summed E-state index contributed by atoms with van der Waals surface area (Å²) in [6, 6.07) is 8.67. The van der Waals surface area contributed by atoms with E-state index in [0.717, 1.165) is 43.3 Å². The lowest BCUT2D eigenvalue weighted by molar-refractivity contribution is 0.126. The van der Waals surface area contributed by atoms with Gasteiger partial charge in [0.05, 0.1) is 0 Å². The first kappa shape index (κ1) is 16.6. The van der Waals surface area contributed by atoms with Gasteiger partial charge >= 0.3 is 0 Å². The molecule has 1 aliphatic carbocycles. The van der Waals surface area contributed by atoms with E-state index in [0.29, 0.717) is 12.1 Å². The third-order valence-electron chi connectivity index (χ3n) is 4.23. The molecule has 0 aromatic heterocycles. The molecule has 1 aromatic rings.